The lowest BCUT2D eigenvalue weighted by atomic mass is 10.3. The Labute approximate surface area is 131 Å². The van der Waals surface area contributed by atoms with Gasteiger partial charge in [0.1, 0.15) is 11.5 Å². The van der Waals surface area contributed by atoms with E-state index in [0.717, 1.165) is 22.0 Å². The molecule has 6 heteroatoms. The molecular formula is C16H13N5S. The highest BCUT2D eigenvalue weighted by molar-refractivity contribution is 7.13. The van der Waals surface area contributed by atoms with Gasteiger partial charge in [-0.2, -0.15) is 0 Å². The van der Waals surface area contributed by atoms with Crippen molar-refractivity contribution in [2.45, 2.75) is 6.54 Å². The Morgan fingerprint density at radius 2 is 2.00 bits per heavy atom. The van der Waals surface area contributed by atoms with Crippen LogP contribution in [-0.2, 0) is 6.54 Å². The molecule has 0 aliphatic heterocycles. The predicted octanol–water partition coefficient (Wildman–Crippen LogP) is 3.46. The second-order valence-electron chi connectivity index (χ2n) is 4.82. The maximum Gasteiger partial charge on any atom is 0.154 e. The molecule has 1 N–H and O–H groups in total. The fourth-order valence-corrected chi connectivity index (χ4v) is 2.97. The first-order valence-corrected chi connectivity index (χ1v) is 7.79. The summed E-state index contributed by atoms with van der Waals surface area (Å²) in [6, 6.07) is 12.0. The first kappa shape index (κ1) is 13.0. The Kier molecular flexibility index (Phi) is 3.29. The van der Waals surface area contributed by atoms with E-state index in [0.29, 0.717) is 6.54 Å². The zero-order valence-electron chi connectivity index (χ0n) is 11.7. The van der Waals surface area contributed by atoms with E-state index in [1.807, 2.05) is 41.0 Å². The van der Waals surface area contributed by atoms with E-state index in [-0.39, 0.29) is 0 Å². The number of nitrogens with zero attached hydrogens (tertiary/aromatic N) is 4. The third-order valence-electron chi connectivity index (χ3n) is 3.36. The maximum absolute atomic E-state index is 4.64. The zero-order chi connectivity index (χ0) is 14.8. The molecule has 108 valence electrons. The molecule has 4 rings (SSSR count). The van der Waals surface area contributed by atoms with Crippen LogP contribution >= 0.6 is 11.3 Å². The molecule has 0 bridgehead atoms. The van der Waals surface area contributed by atoms with Crippen LogP contribution in [0.25, 0.3) is 16.2 Å². The number of fused-ring (bicyclic) bond motifs is 1. The summed E-state index contributed by atoms with van der Waals surface area (Å²) in [5, 5.41) is 10.0. The Balaban J connectivity index is 1.64. The first-order valence-electron chi connectivity index (χ1n) is 6.91. The molecule has 0 amide bonds. The molecule has 0 fully saturated rings. The lowest BCUT2D eigenvalue weighted by Gasteiger charge is -2.06. The summed E-state index contributed by atoms with van der Waals surface area (Å²) in [6.45, 7) is 0.712. The molecule has 0 saturated heterocycles. The van der Waals surface area contributed by atoms with Crippen molar-refractivity contribution < 1.29 is 0 Å². The van der Waals surface area contributed by atoms with Crippen LogP contribution in [0.1, 0.15) is 5.56 Å². The SMILES string of the molecule is c1csc(-c2cnc3ccc(NCc4ccncc4)nn23)c1. The quantitative estimate of drug-likeness (QED) is 0.627. The van der Waals surface area contributed by atoms with Crippen LogP contribution in [0, 0.1) is 0 Å². The maximum atomic E-state index is 4.64. The van der Waals surface area contributed by atoms with Crippen molar-refractivity contribution in [1.82, 2.24) is 19.6 Å². The summed E-state index contributed by atoms with van der Waals surface area (Å²) in [6.07, 6.45) is 5.44. The van der Waals surface area contributed by atoms with Crippen LogP contribution in [0.4, 0.5) is 5.82 Å². The molecule has 0 aromatic carbocycles. The van der Waals surface area contributed by atoms with Crippen molar-refractivity contribution in [2.24, 2.45) is 0 Å². The largest absolute Gasteiger partial charge is 0.365 e. The summed E-state index contributed by atoms with van der Waals surface area (Å²) in [5.74, 6) is 0.820. The van der Waals surface area contributed by atoms with Crippen LogP contribution in [-0.4, -0.2) is 19.6 Å². The topological polar surface area (TPSA) is 55.1 Å². The molecule has 0 aliphatic rings. The van der Waals surface area contributed by atoms with E-state index in [1.165, 1.54) is 5.56 Å². The van der Waals surface area contributed by atoms with Crippen molar-refractivity contribution in [1.29, 1.82) is 0 Å². The summed E-state index contributed by atoms with van der Waals surface area (Å²) >= 11 is 1.68. The Morgan fingerprint density at radius 3 is 2.82 bits per heavy atom. The molecule has 5 nitrogen and oxygen atoms in total. The van der Waals surface area contributed by atoms with Gasteiger partial charge in [0.15, 0.2) is 5.65 Å². The molecular weight excluding hydrogens is 294 g/mol. The number of thiophene rings is 1. The van der Waals surface area contributed by atoms with E-state index in [4.69, 9.17) is 0 Å². The van der Waals surface area contributed by atoms with Gasteiger partial charge in [0, 0.05) is 18.9 Å². The third kappa shape index (κ3) is 2.44. The smallest absolute Gasteiger partial charge is 0.154 e. The third-order valence-corrected chi connectivity index (χ3v) is 4.25. The van der Waals surface area contributed by atoms with E-state index in [9.17, 15) is 0 Å². The number of pyridine rings is 1. The van der Waals surface area contributed by atoms with Crippen molar-refractivity contribution >= 4 is 22.8 Å². The number of hydrogen-bond donors (Lipinski definition) is 1. The predicted molar refractivity (Wildman–Crippen MR) is 87.9 cm³/mol. The van der Waals surface area contributed by atoms with Crippen LogP contribution in [0.3, 0.4) is 0 Å². The fraction of sp³-hybridized carbons (Fsp3) is 0.0625. The van der Waals surface area contributed by atoms with E-state index < -0.39 is 0 Å². The van der Waals surface area contributed by atoms with Gasteiger partial charge in [0.25, 0.3) is 0 Å². The van der Waals surface area contributed by atoms with Gasteiger partial charge in [-0.15, -0.1) is 16.4 Å². The van der Waals surface area contributed by atoms with Gasteiger partial charge < -0.3 is 5.32 Å². The average Bonchev–Trinajstić information content (AvgIpc) is 3.22. The highest BCUT2D eigenvalue weighted by atomic mass is 32.1. The fourth-order valence-electron chi connectivity index (χ4n) is 2.25. The van der Waals surface area contributed by atoms with E-state index >= 15 is 0 Å². The van der Waals surface area contributed by atoms with Gasteiger partial charge in [-0.05, 0) is 41.3 Å². The number of anilines is 1. The standard InChI is InChI=1S/C16H13N5S/c1-2-14(22-9-1)13-11-19-16-4-3-15(20-21(13)16)18-10-12-5-7-17-8-6-12/h1-9,11H,10H2,(H,18,20). The molecule has 0 saturated carbocycles. The first-order chi connectivity index (χ1) is 10.9. The lowest BCUT2D eigenvalue weighted by Crippen LogP contribution is -2.04. The number of rotatable bonds is 4. The Morgan fingerprint density at radius 1 is 1.09 bits per heavy atom. The number of nitrogens with one attached hydrogen (secondary N) is 1. The minimum absolute atomic E-state index is 0.712. The Bertz CT molecular complexity index is 883. The molecule has 4 aromatic rings. The van der Waals surface area contributed by atoms with Gasteiger partial charge in [0.05, 0.1) is 11.1 Å². The van der Waals surface area contributed by atoms with Crippen LogP contribution < -0.4 is 5.32 Å². The van der Waals surface area contributed by atoms with Gasteiger partial charge in [-0.1, -0.05) is 6.07 Å². The molecule has 0 radical (unpaired) electrons. The highest BCUT2D eigenvalue weighted by Gasteiger charge is 2.08. The summed E-state index contributed by atoms with van der Waals surface area (Å²) in [7, 11) is 0. The van der Waals surface area contributed by atoms with Gasteiger partial charge in [-0.3, -0.25) is 4.98 Å². The second-order valence-corrected chi connectivity index (χ2v) is 5.77. The van der Waals surface area contributed by atoms with Gasteiger partial charge >= 0.3 is 0 Å². The minimum atomic E-state index is 0.712. The summed E-state index contributed by atoms with van der Waals surface area (Å²) in [4.78, 5) is 9.58. The van der Waals surface area contributed by atoms with Crippen molar-refractivity contribution in [3.8, 4) is 10.6 Å². The molecule has 0 atom stereocenters. The monoisotopic (exact) mass is 307 g/mol. The molecule has 0 spiro atoms. The zero-order valence-corrected chi connectivity index (χ0v) is 12.5. The minimum Gasteiger partial charge on any atom is -0.365 e. The molecule has 4 aromatic heterocycles. The molecule has 0 unspecified atom stereocenters. The molecule has 0 aliphatic carbocycles. The number of hydrogen-bond acceptors (Lipinski definition) is 5. The lowest BCUT2D eigenvalue weighted by molar-refractivity contribution is 0.932. The van der Waals surface area contributed by atoms with Crippen molar-refractivity contribution in [3.63, 3.8) is 0 Å². The normalized spacial score (nSPS) is 10.9. The number of aromatic nitrogens is 4. The highest BCUT2D eigenvalue weighted by Crippen LogP contribution is 2.25. The second kappa shape index (κ2) is 5.57. The van der Waals surface area contributed by atoms with Crippen molar-refractivity contribution in [2.75, 3.05) is 5.32 Å². The molecule has 4 heterocycles. The van der Waals surface area contributed by atoms with Gasteiger partial charge in [0.2, 0.25) is 0 Å². The van der Waals surface area contributed by atoms with Crippen molar-refractivity contribution in [3.05, 3.63) is 65.9 Å². The van der Waals surface area contributed by atoms with E-state index in [1.54, 1.807) is 23.7 Å². The number of imidazole rings is 1. The van der Waals surface area contributed by atoms with E-state index in [2.05, 4.69) is 31.8 Å². The summed E-state index contributed by atoms with van der Waals surface area (Å²) in [5.41, 5.74) is 3.02. The summed E-state index contributed by atoms with van der Waals surface area (Å²) < 4.78 is 1.88. The molecule has 22 heavy (non-hydrogen) atoms. The Hall–Kier alpha value is -2.73. The van der Waals surface area contributed by atoms with Crippen LogP contribution in [0.2, 0.25) is 0 Å². The van der Waals surface area contributed by atoms with Gasteiger partial charge in [-0.25, -0.2) is 9.50 Å². The average molecular weight is 307 g/mol. The van der Waals surface area contributed by atoms with Crippen LogP contribution in [0.15, 0.2) is 60.4 Å². The van der Waals surface area contributed by atoms with Crippen LogP contribution in [0.5, 0.6) is 0 Å².